The van der Waals surface area contributed by atoms with Gasteiger partial charge in [-0.15, -0.1) is 0 Å². The van der Waals surface area contributed by atoms with Crippen molar-refractivity contribution in [3.8, 4) is 11.3 Å². The van der Waals surface area contributed by atoms with E-state index < -0.39 is 6.04 Å². The molecule has 0 unspecified atom stereocenters. The van der Waals surface area contributed by atoms with Gasteiger partial charge in [-0.2, -0.15) is 0 Å². The third-order valence-corrected chi connectivity index (χ3v) is 7.43. The van der Waals surface area contributed by atoms with E-state index >= 15 is 0 Å². The van der Waals surface area contributed by atoms with Crippen LogP contribution < -0.4 is 20.2 Å². The minimum Gasteiger partial charge on any atom is -0.457 e. The average Bonchev–Trinajstić information content (AvgIpc) is 3.53. The number of amides is 1. The van der Waals surface area contributed by atoms with E-state index in [0.29, 0.717) is 37.8 Å². The van der Waals surface area contributed by atoms with Crippen LogP contribution in [-0.4, -0.2) is 10.5 Å². The molecule has 5 aromatic rings. The highest BCUT2D eigenvalue weighted by Gasteiger charge is 2.32. The van der Waals surface area contributed by atoms with Crippen LogP contribution in [0.4, 0.5) is 10.1 Å². The number of hydrogen-bond donors (Lipinski definition) is 1. The highest BCUT2D eigenvalue weighted by Crippen LogP contribution is 2.30. The molecule has 192 valence electrons. The average molecular weight is 536 g/mol. The van der Waals surface area contributed by atoms with Crippen LogP contribution in [0, 0.1) is 5.82 Å². The van der Waals surface area contributed by atoms with Crippen molar-refractivity contribution in [1.29, 1.82) is 0 Å². The lowest BCUT2D eigenvalue weighted by atomic mass is 9.95. The number of halogens is 1. The Morgan fingerprint density at radius 3 is 2.38 bits per heavy atom. The first-order valence-electron chi connectivity index (χ1n) is 12.3. The van der Waals surface area contributed by atoms with Crippen LogP contribution in [0.3, 0.4) is 0 Å². The topological polar surface area (TPSA) is 76.6 Å². The number of hydrogen-bond acceptors (Lipinski definition) is 5. The number of nitrogens with one attached hydrogen (secondary N) is 1. The van der Waals surface area contributed by atoms with Crippen LogP contribution in [0.25, 0.3) is 17.4 Å². The molecule has 1 N–H and O–H groups in total. The number of allylic oxidation sites excluding steroid dienone is 1. The van der Waals surface area contributed by atoms with Crippen LogP contribution in [0.5, 0.6) is 0 Å². The standard InChI is InChI=1S/C31H22FN3O3S/c1-19-27(29(36)34-23-10-6-3-7-11-23)28(21-8-4-2-5-9-21)35-30(37)26(39-31(35)33-19)18-24-16-17-25(38-24)20-12-14-22(32)15-13-20/h2-18,28H,1H3,(H,34,36)/b26-18-/t28-/m1/s1. The zero-order valence-corrected chi connectivity index (χ0v) is 21.6. The Labute approximate surface area is 226 Å². The first-order chi connectivity index (χ1) is 19.0. The Morgan fingerprint density at radius 2 is 1.67 bits per heavy atom. The normalized spacial score (nSPS) is 15.1. The van der Waals surface area contributed by atoms with E-state index in [0.717, 1.165) is 11.1 Å². The Kier molecular flexibility index (Phi) is 6.38. The number of aromatic nitrogens is 1. The summed E-state index contributed by atoms with van der Waals surface area (Å²) in [6.45, 7) is 1.79. The van der Waals surface area contributed by atoms with Crippen LogP contribution >= 0.6 is 11.3 Å². The molecule has 1 amide bonds. The van der Waals surface area contributed by atoms with E-state index in [1.807, 2.05) is 60.7 Å². The Balaban J connectivity index is 1.44. The summed E-state index contributed by atoms with van der Waals surface area (Å²) in [6.07, 6.45) is 1.67. The maximum atomic E-state index is 13.8. The fourth-order valence-electron chi connectivity index (χ4n) is 4.61. The number of anilines is 1. The van der Waals surface area contributed by atoms with Crippen LogP contribution in [0.15, 0.2) is 123 Å². The second-order valence-corrected chi connectivity index (χ2v) is 10.0. The van der Waals surface area contributed by atoms with E-state index in [2.05, 4.69) is 10.3 Å². The molecule has 3 aromatic carbocycles. The molecular formula is C31H22FN3O3S. The minimum atomic E-state index is -0.653. The summed E-state index contributed by atoms with van der Waals surface area (Å²) in [7, 11) is 0. The molecule has 0 saturated heterocycles. The minimum absolute atomic E-state index is 0.273. The van der Waals surface area contributed by atoms with Crippen molar-refractivity contribution in [3.63, 3.8) is 0 Å². The molecular weight excluding hydrogens is 513 g/mol. The summed E-state index contributed by atoms with van der Waals surface area (Å²) in [5.74, 6) is 0.396. The first-order valence-corrected chi connectivity index (χ1v) is 13.1. The van der Waals surface area contributed by atoms with Gasteiger partial charge in [-0.25, -0.2) is 9.38 Å². The number of carbonyl (C=O) groups excluding carboxylic acids is 1. The van der Waals surface area contributed by atoms with Crippen molar-refractivity contribution in [3.05, 3.63) is 145 Å². The Hall–Kier alpha value is -4.82. The van der Waals surface area contributed by atoms with Crippen LogP contribution in [0.1, 0.15) is 24.3 Å². The maximum absolute atomic E-state index is 13.8. The molecule has 1 aliphatic rings. The summed E-state index contributed by atoms with van der Waals surface area (Å²) in [5.41, 5.74) is 2.86. The summed E-state index contributed by atoms with van der Waals surface area (Å²) < 4.78 is 21.2. The number of nitrogens with zero attached hydrogens (tertiary/aromatic N) is 2. The SMILES string of the molecule is CC1=C(C(=O)Nc2ccccc2)[C@@H](c2ccccc2)n2c(s/c(=C\c3ccc(-c4ccc(F)cc4)o3)c2=O)=N1. The van der Waals surface area contributed by atoms with Gasteiger partial charge in [0.15, 0.2) is 4.80 Å². The number of fused-ring (bicyclic) bond motifs is 1. The van der Waals surface area contributed by atoms with Crippen molar-refractivity contribution >= 4 is 29.0 Å². The molecule has 0 spiro atoms. The number of para-hydroxylation sites is 1. The first kappa shape index (κ1) is 24.5. The molecule has 0 fully saturated rings. The lowest BCUT2D eigenvalue weighted by Crippen LogP contribution is -2.40. The highest BCUT2D eigenvalue weighted by atomic mass is 32.1. The zero-order chi connectivity index (χ0) is 26.9. The van der Waals surface area contributed by atoms with Gasteiger partial charge in [0.05, 0.1) is 21.8 Å². The molecule has 1 aliphatic heterocycles. The summed E-state index contributed by atoms with van der Waals surface area (Å²) in [5, 5.41) is 2.95. The number of thiazole rings is 1. The van der Waals surface area contributed by atoms with Crippen molar-refractivity contribution in [2.75, 3.05) is 5.32 Å². The number of furan rings is 1. The highest BCUT2D eigenvalue weighted by molar-refractivity contribution is 7.07. The lowest BCUT2D eigenvalue weighted by Gasteiger charge is -2.25. The van der Waals surface area contributed by atoms with Gasteiger partial charge in [0.2, 0.25) is 0 Å². The summed E-state index contributed by atoms with van der Waals surface area (Å²) in [6, 6.07) is 27.5. The van der Waals surface area contributed by atoms with Crippen LogP contribution in [0.2, 0.25) is 0 Å². The van der Waals surface area contributed by atoms with Gasteiger partial charge in [-0.05, 0) is 61.0 Å². The molecule has 0 aliphatic carbocycles. The molecule has 6 rings (SSSR count). The fourth-order valence-corrected chi connectivity index (χ4v) is 5.64. The fraction of sp³-hybridized carbons (Fsp3) is 0.0645. The molecule has 0 radical (unpaired) electrons. The van der Waals surface area contributed by atoms with E-state index in [-0.39, 0.29) is 17.3 Å². The van der Waals surface area contributed by atoms with Crippen molar-refractivity contribution in [2.45, 2.75) is 13.0 Å². The number of benzene rings is 3. The molecule has 8 heteroatoms. The Bertz CT molecular complexity index is 1890. The van der Waals surface area contributed by atoms with Gasteiger partial charge in [0.1, 0.15) is 17.3 Å². The largest absolute Gasteiger partial charge is 0.457 e. The van der Waals surface area contributed by atoms with Crippen molar-refractivity contribution in [1.82, 2.24) is 4.57 Å². The molecule has 6 nitrogen and oxygen atoms in total. The van der Waals surface area contributed by atoms with E-state index in [4.69, 9.17) is 4.42 Å². The zero-order valence-electron chi connectivity index (χ0n) is 20.8. The van der Waals surface area contributed by atoms with Gasteiger partial charge < -0.3 is 9.73 Å². The second-order valence-electron chi connectivity index (χ2n) is 9.02. The third-order valence-electron chi connectivity index (χ3n) is 6.44. The molecule has 0 bridgehead atoms. The summed E-state index contributed by atoms with van der Waals surface area (Å²) in [4.78, 5) is 32.5. The van der Waals surface area contributed by atoms with E-state index in [9.17, 15) is 14.0 Å². The van der Waals surface area contributed by atoms with Gasteiger partial charge in [0.25, 0.3) is 11.5 Å². The monoisotopic (exact) mass is 535 g/mol. The molecule has 39 heavy (non-hydrogen) atoms. The lowest BCUT2D eigenvalue weighted by molar-refractivity contribution is -0.113. The molecule has 1 atom stereocenters. The van der Waals surface area contributed by atoms with Crippen molar-refractivity contribution < 1.29 is 13.6 Å². The third kappa shape index (κ3) is 4.78. The van der Waals surface area contributed by atoms with E-state index in [1.54, 1.807) is 41.8 Å². The summed E-state index contributed by atoms with van der Waals surface area (Å²) >= 11 is 1.24. The smallest absolute Gasteiger partial charge is 0.271 e. The molecule has 3 heterocycles. The van der Waals surface area contributed by atoms with Crippen molar-refractivity contribution in [2.24, 2.45) is 4.99 Å². The van der Waals surface area contributed by atoms with Gasteiger partial charge >= 0.3 is 0 Å². The van der Waals surface area contributed by atoms with Gasteiger partial charge in [0, 0.05) is 17.3 Å². The van der Waals surface area contributed by atoms with E-state index in [1.165, 1.54) is 23.5 Å². The molecule has 2 aromatic heterocycles. The second kappa shape index (κ2) is 10.2. The van der Waals surface area contributed by atoms with Gasteiger partial charge in [-0.3, -0.25) is 14.2 Å². The predicted molar refractivity (Wildman–Crippen MR) is 149 cm³/mol. The predicted octanol–water partition coefficient (Wildman–Crippen LogP) is 5.27. The number of carbonyl (C=O) groups is 1. The number of rotatable bonds is 5. The quantitative estimate of drug-likeness (QED) is 0.333. The van der Waals surface area contributed by atoms with Gasteiger partial charge in [-0.1, -0.05) is 59.9 Å². The van der Waals surface area contributed by atoms with Crippen LogP contribution in [-0.2, 0) is 4.79 Å². The molecule has 0 saturated carbocycles. The maximum Gasteiger partial charge on any atom is 0.271 e. The Morgan fingerprint density at radius 1 is 0.974 bits per heavy atom.